The lowest BCUT2D eigenvalue weighted by atomic mass is 10.1. The Bertz CT molecular complexity index is 919. The van der Waals surface area contributed by atoms with Crippen molar-refractivity contribution in [2.45, 2.75) is 25.8 Å². The number of carbonyl (C=O) groups is 1. The molecule has 1 unspecified atom stereocenters. The predicted molar refractivity (Wildman–Crippen MR) is 106 cm³/mol. The molecule has 0 radical (unpaired) electrons. The highest BCUT2D eigenvalue weighted by atomic mass is 35.5. The fraction of sp³-hybridized carbons (Fsp3) is 0.300. The summed E-state index contributed by atoms with van der Waals surface area (Å²) in [5.74, 6) is 1.33. The molecule has 0 aliphatic carbocycles. The highest BCUT2D eigenvalue weighted by Gasteiger charge is 2.27. The van der Waals surface area contributed by atoms with E-state index in [1.54, 1.807) is 10.9 Å². The summed E-state index contributed by atoms with van der Waals surface area (Å²) in [6.45, 7) is 3.18. The number of halogens is 1. The van der Waals surface area contributed by atoms with E-state index < -0.39 is 0 Å². The van der Waals surface area contributed by atoms with Crippen LogP contribution in [0.5, 0.6) is 0 Å². The lowest BCUT2D eigenvalue weighted by molar-refractivity contribution is 0.0709. The van der Waals surface area contributed by atoms with E-state index in [1.165, 1.54) is 0 Å². The molecular formula is C20H23ClN4O2. The summed E-state index contributed by atoms with van der Waals surface area (Å²) in [4.78, 5) is 15.0. The molecular weight excluding hydrogens is 364 g/mol. The molecule has 4 rings (SSSR count). The first-order valence-corrected chi connectivity index (χ1v) is 8.88. The third kappa shape index (κ3) is 3.91. The van der Waals surface area contributed by atoms with Crippen molar-refractivity contribution in [2.75, 3.05) is 13.1 Å². The largest absolute Gasteiger partial charge is 0.460 e. The summed E-state index contributed by atoms with van der Waals surface area (Å²) in [7, 11) is 0. The van der Waals surface area contributed by atoms with Gasteiger partial charge in [0, 0.05) is 25.3 Å². The summed E-state index contributed by atoms with van der Waals surface area (Å²) in [5, 5.41) is 4.64. The van der Waals surface area contributed by atoms with E-state index in [-0.39, 0.29) is 24.4 Å². The van der Waals surface area contributed by atoms with Crippen LogP contribution < -0.4 is 5.73 Å². The summed E-state index contributed by atoms with van der Waals surface area (Å²) in [6.07, 6.45) is 3.66. The van der Waals surface area contributed by atoms with Crippen LogP contribution in [0.2, 0.25) is 0 Å². The Balaban J connectivity index is 0.00000210. The molecule has 2 aromatic heterocycles. The molecule has 1 atom stereocenters. The van der Waals surface area contributed by atoms with Crippen LogP contribution >= 0.6 is 12.4 Å². The molecule has 3 heterocycles. The number of aromatic nitrogens is 2. The van der Waals surface area contributed by atoms with E-state index in [0.717, 1.165) is 30.8 Å². The van der Waals surface area contributed by atoms with Crippen molar-refractivity contribution in [3.8, 4) is 17.1 Å². The lowest BCUT2D eigenvalue weighted by Crippen LogP contribution is -2.45. The molecule has 0 spiro atoms. The smallest absolute Gasteiger partial charge is 0.257 e. The predicted octanol–water partition coefficient (Wildman–Crippen LogP) is 3.43. The van der Waals surface area contributed by atoms with E-state index >= 15 is 0 Å². The van der Waals surface area contributed by atoms with Crippen LogP contribution in [0, 0.1) is 6.92 Å². The van der Waals surface area contributed by atoms with Gasteiger partial charge in [-0.05, 0) is 44.0 Å². The van der Waals surface area contributed by atoms with Gasteiger partial charge in [-0.25, -0.2) is 4.68 Å². The fourth-order valence-electron chi connectivity index (χ4n) is 3.35. The van der Waals surface area contributed by atoms with Crippen molar-refractivity contribution in [3.63, 3.8) is 0 Å². The Labute approximate surface area is 164 Å². The molecule has 3 aromatic rings. The number of carbonyl (C=O) groups excluding carboxylic acids is 1. The van der Waals surface area contributed by atoms with Crippen molar-refractivity contribution in [1.29, 1.82) is 0 Å². The average Bonchev–Trinajstić information content (AvgIpc) is 3.28. The van der Waals surface area contributed by atoms with Gasteiger partial charge in [-0.3, -0.25) is 4.79 Å². The van der Waals surface area contributed by atoms with Crippen molar-refractivity contribution in [2.24, 2.45) is 5.73 Å². The Morgan fingerprint density at radius 2 is 2.00 bits per heavy atom. The number of hydrogen-bond donors (Lipinski definition) is 1. The second kappa shape index (κ2) is 7.98. The van der Waals surface area contributed by atoms with Crippen LogP contribution in [-0.4, -0.2) is 39.7 Å². The number of likely N-dealkylation sites (tertiary alicyclic amines) is 1. The number of nitrogens with two attached hydrogens (primary N) is 1. The number of benzene rings is 1. The van der Waals surface area contributed by atoms with Gasteiger partial charge in [0.15, 0.2) is 5.76 Å². The molecule has 1 aliphatic heterocycles. The number of piperidine rings is 1. The van der Waals surface area contributed by atoms with Crippen LogP contribution in [0.4, 0.5) is 0 Å². The number of para-hydroxylation sites is 1. The highest BCUT2D eigenvalue weighted by Crippen LogP contribution is 2.27. The molecule has 142 valence electrons. The summed E-state index contributed by atoms with van der Waals surface area (Å²) in [5.41, 5.74) is 8.05. The van der Waals surface area contributed by atoms with Gasteiger partial charge in [-0.2, -0.15) is 5.10 Å². The van der Waals surface area contributed by atoms with E-state index in [1.807, 2.05) is 54.3 Å². The zero-order chi connectivity index (χ0) is 18.1. The fourth-order valence-corrected chi connectivity index (χ4v) is 3.35. The summed E-state index contributed by atoms with van der Waals surface area (Å²) in [6, 6.07) is 13.5. The van der Waals surface area contributed by atoms with Gasteiger partial charge in [-0.1, -0.05) is 18.2 Å². The van der Waals surface area contributed by atoms with Crippen LogP contribution in [-0.2, 0) is 0 Å². The van der Waals surface area contributed by atoms with Crippen molar-refractivity contribution in [1.82, 2.24) is 14.7 Å². The molecule has 0 saturated carbocycles. The number of hydrogen-bond acceptors (Lipinski definition) is 4. The van der Waals surface area contributed by atoms with Crippen LogP contribution in [0.3, 0.4) is 0 Å². The van der Waals surface area contributed by atoms with E-state index in [4.69, 9.17) is 10.2 Å². The number of aryl methyl sites for hydroxylation is 1. The van der Waals surface area contributed by atoms with Gasteiger partial charge in [0.25, 0.3) is 5.91 Å². The molecule has 6 nitrogen and oxygen atoms in total. The summed E-state index contributed by atoms with van der Waals surface area (Å²) < 4.78 is 7.47. The number of nitrogens with zero attached hydrogens (tertiary/aromatic N) is 3. The normalized spacial score (nSPS) is 16.8. The summed E-state index contributed by atoms with van der Waals surface area (Å²) >= 11 is 0. The highest BCUT2D eigenvalue weighted by molar-refractivity contribution is 5.99. The minimum atomic E-state index is -0.0496. The Hall–Kier alpha value is -2.57. The molecule has 1 amide bonds. The molecule has 1 aromatic carbocycles. The third-order valence-corrected chi connectivity index (χ3v) is 4.68. The molecule has 7 heteroatoms. The van der Waals surface area contributed by atoms with Gasteiger partial charge in [0.05, 0.1) is 11.3 Å². The van der Waals surface area contributed by atoms with Crippen LogP contribution in [0.15, 0.2) is 53.1 Å². The second-order valence-electron chi connectivity index (χ2n) is 6.74. The lowest BCUT2D eigenvalue weighted by Gasteiger charge is -2.30. The number of furan rings is 1. The quantitative estimate of drug-likeness (QED) is 0.748. The maximum absolute atomic E-state index is 13.2. The third-order valence-electron chi connectivity index (χ3n) is 4.68. The van der Waals surface area contributed by atoms with Gasteiger partial charge in [0.2, 0.25) is 0 Å². The minimum Gasteiger partial charge on any atom is -0.460 e. The van der Waals surface area contributed by atoms with Gasteiger partial charge in [0.1, 0.15) is 11.5 Å². The first kappa shape index (κ1) is 19.2. The Kier molecular flexibility index (Phi) is 5.68. The van der Waals surface area contributed by atoms with Crippen molar-refractivity contribution < 1.29 is 9.21 Å². The molecule has 0 bridgehead atoms. The SMILES string of the molecule is Cc1ccc(-c2nn(-c3ccccc3)cc2C(=O)N2CCCC(N)C2)o1.Cl. The maximum atomic E-state index is 13.2. The van der Waals surface area contributed by atoms with Crippen LogP contribution in [0.25, 0.3) is 17.1 Å². The average molecular weight is 387 g/mol. The minimum absolute atomic E-state index is 0. The Morgan fingerprint density at radius 1 is 1.22 bits per heavy atom. The van der Waals surface area contributed by atoms with Crippen molar-refractivity contribution >= 4 is 18.3 Å². The zero-order valence-corrected chi connectivity index (χ0v) is 16.0. The molecule has 1 saturated heterocycles. The monoisotopic (exact) mass is 386 g/mol. The van der Waals surface area contributed by atoms with E-state index in [2.05, 4.69) is 5.10 Å². The van der Waals surface area contributed by atoms with Crippen LogP contribution in [0.1, 0.15) is 29.0 Å². The molecule has 1 fully saturated rings. The zero-order valence-electron chi connectivity index (χ0n) is 15.2. The van der Waals surface area contributed by atoms with Gasteiger partial charge < -0.3 is 15.1 Å². The number of amides is 1. The standard InChI is InChI=1S/C20H22N4O2.ClH/c1-14-9-10-18(26-14)19-17(20(25)23-11-5-6-15(21)12-23)13-24(22-19)16-7-3-2-4-8-16;/h2-4,7-10,13,15H,5-6,11-12,21H2,1H3;1H. The second-order valence-corrected chi connectivity index (χ2v) is 6.74. The maximum Gasteiger partial charge on any atom is 0.257 e. The first-order valence-electron chi connectivity index (χ1n) is 8.88. The number of rotatable bonds is 3. The molecule has 2 N–H and O–H groups in total. The van der Waals surface area contributed by atoms with E-state index in [0.29, 0.717) is 23.6 Å². The molecule has 27 heavy (non-hydrogen) atoms. The van der Waals surface area contributed by atoms with E-state index in [9.17, 15) is 4.79 Å². The topological polar surface area (TPSA) is 77.3 Å². The first-order chi connectivity index (χ1) is 12.6. The molecule has 1 aliphatic rings. The van der Waals surface area contributed by atoms with Gasteiger partial charge >= 0.3 is 0 Å². The van der Waals surface area contributed by atoms with Gasteiger partial charge in [-0.15, -0.1) is 12.4 Å². The Morgan fingerprint density at radius 3 is 2.67 bits per heavy atom. The van der Waals surface area contributed by atoms with Crippen molar-refractivity contribution in [3.05, 3.63) is 60.0 Å².